The molecule has 0 aliphatic carbocycles. The Kier molecular flexibility index (Phi) is 7.80. The molecule has 0 radical (unpaired) electrons. The van der Waals surface area contributed by atoms with Gasteiger partial charge in [0.2, 0.25) is 10.0 Å². The maximum absolute atomic E-state index is 14.1. The monoisotopic (exact) mass is 522 g/mol. The second-order valence-corrected chi connectivity index (χ2v) is 11.1. The van der Waals surface area contributed by atoms with Crippen LogP contribution in [0.3, 0.4) is 0 Å². The molecule has 0 spiro atoms. The van der Waals surface area contributed by atoms with Crippen molar-refractivity contribution in [1.82, 2.24) is 9.29 Å². The van der Waals surface area contributed by atoms with Crippen molar-refractivity contribution in [2.75, 3.05) is 27.9 Å². The lowest BCUT2D eigenvalue weighted by atomic mass is 10.1. The average Bonchev–Trinajstić information content (AvgIpc) is 3.27. The fourth-order valence-corrected chi connectivity index (χ4v) is 6.75. The molecule has 8 heteroatoms. The van der Waals surface area contributed by atoms with Crippen molar-refractivity contribution in [3.05, 3.63) is 82.5 Å². The minimum Gasteiger partial charge on any atom is -0.497 e. The van der Waals surface area contributed by atoms with E-state index in [9.17, 15) is 8.42 Å². The highest BCUT2D eigenvalue weighted by Crippen LogP contribution is 2.31. The van der Waals surface area contributed by atoms with E-state index in [1.54, 1.807) is 31.7 Å². The molecule has 7 nitrogen and oxygen atoms in total. The van der Waals surface area contributed by atoms with E-state index in [2.05, 4.69) is 4.98 Å². The van der Waals surface area contributed by atoms with E-state index in [1.807, 2.05) is 69.4 Å². The SMILES string of the molecule is COc1ccc2[nH]cc(CCN(Cc3ccc(OC)c(OC)c3)S(=O)(=O)c3c(C)cc(C)cc3C)c2c1. The number of aromatic amines is 1. The summed E-state index contributed by atoms with van der Waals surface area (Å²) in [6, 6.07) is 15.2. The number of hydrogen-bond donors (Lipinski definition) is 1. The summed E-state index contributed by atoms with van der Waals surface area (Å²) in [6.45, 7) is 6.18. The Balaban J connectivity index is 1.73. The number of fused-ring (bicyclic) bond motifs is 1. The maximum atomic E-state index is 14.1. The third-order valence-corrected chi connectivity index (χ3v) is 8.77. The van der Waals surface area contributed by atoms with Gasteiger partial charge in [-0.2, -0.15) is 4.31 Å². The van der Waals surface area contributed by atoms with E-state index < -0.39 is 10.0 Å². The zero-order valence-electron chi connectivity index (χ0n) is 22.2. The van der Waals surface area contributed by atoms with Crippen molar-refractivity contribution in [3.8, 4) is 17.2 Å². The van der Waals surface area contributed by atoms with Crippen molar-refractivity contribution in [3.63, 3.8) is 0 Å². The Morgan fingerprint density at radius 2 is 1.54 bits per heavy atom. The van der Waals surface area contributed by atoms with Crippen LogP contribution in [0, 0.1) is 20.8 Å². The first-order chi connectivity index (χ1) is 17.7. The highest BCUT2D eigenvalue weighted by atomic mass is 32.2. The zero-order valence-corrected chi connectivity index (χ0v) is 23.0. The van der Waals surface area contributed by atoms with Gasteiger partial charge < -0.3 is 19.2 Å². The summed E-state index contributed by atoms with van der Waals surface area (Å²) in [5, 5.41) is 1.02. The fourth-order valence-electron chi connectivity index (χ4n) is 4.91. The van der Waals surface area contributed by atoms with Crippen LogP contribution >= 0.6 is 0 Å². The molecule has 37 heavy (non-hydrogen) atoms. The molecule has 0 unspecified atom stereocenters. The largest absolute Gasteiger partial charge is 0.497 e. The summed E-state index contributed by atoms with van der Waals surface area (Å²) in [7, 11) is 0.977. The molecular weight excluding hydrogens is 488 g/mol. The number of aryl methyl sites for hydroxylation is 3. The average molecular weight is 523 g/mol. The van der Waals surface area contributed by atoms with E-state index in [1.165, 1.54) is 0 Å². The van der Waals surface area contributed by atoms with Crippen LogP contribution in [0.4, 0.5) is 0 Å². The number of hydrogen-bond acceptors (Lipinski definition) is 5. The number of H-pyrrole nitrogens is 1. The van der Waals surface area contributed by atoms with Gasteiger partial charge >= 0.3 is 0 Å². The number of rotatable bonds is 10. The summed E-state index contributed by atoms with van der Waals surface area (Å²) in [4.78, 5) is 3.64. The predicted octanol–water partition coefficient (Wildman–Crippen LogP) is 5.55. The Labute approximate surface area is 219 Å². The number of methoxy groups -OCH3 is 3. The molecule has 0 bridgehead atoms. The highest BCUT2D eigenvalue weighted by molar-refractivity contribution is 7.89. The fraction of sp³-hybridized carbons (Fsp3) is 0.310. The first-order valence-corrected chi connectivity index (χ1v) is 13.5. The molecule has 196 valence electrons. The van der Waals surface area contributed by atoms with E-state index in [-0.39, 0.29) is 6.54 Å². The van der Waals surface area contributed by atoms with Gasteiger partial charge in [-0.15, -0.1) is 0 Å². The van der Waals surface area contributed by atoms with Crippen molar-refractivity contribution < 1.29 is 22.6 Å². The van der Waals surface area contributed by atoms with Crippen LogP contribution in [-0.2, 0) is 23.0 Å². The number of nitrogens with one attached hydrogen (secondary N) is 1. The standard InChI is InChI=1S/C29H34N2O5S/c1-19-13-20(2)29(21(3)14-19)37(32,33)31(18-22-7-10-27(35-5)28(15-22)36-6)12-11-23-17-30-26-9-8-24(34-4)16-25(23)26/h7-10,13-17,30H,11-12,18H2,1-6H3. The predicted molar refractivity (Wildman–Crippen MR) is 146 cm³/mol. The van der Waals surface area contributed by atoms with E-state index in [4.69, 9.17) is 14.2 Å². The van der Waals surface area contributed by atoms with Gasteiger partial charge in [-0.3, -0.25) is 0 Å². The molecule has 1 N–H and O–H groups in total. The van der Waals surface area contributed by atoms with Gasteiger partial charge in [-0.1, -0.05) is 23.8 Å². The smallest absolute Gasteiger partial charge is 0.243 e. The first kappa shape index (κ1) is 26.6. The normalized spacial score (nSPS) is 11.8. The minimum absolute atomic E-state index is 0.196. The second kappa shape index (κ2) is 10.9. The third kappa shape index (κ3) is 5.45. The van der Waals surface area contributed by atoms with Crippen molar-refractivity contribution in [2.24, 2.45) is 0 Å². The molecule has 1 aromatic heterocycles. The van der Waals surface area contributed by atoms with Crippen LogP contribution in [0.5, 0.6) is 17.2 Å². The maximum Gasteiger partial charge on any atom is 0.243 e. The topological polar surface area (TPSA) is 80.9 Å². The Bertz CT molecular complexity index is 1500. The molecule has 0 aliphatic heterocycles. The van der Waals surface area contributed by atoms with Crippen LogP contribution in [-0.4, -0.2) is 45.6 Å². The quantitative estimate of drug-likeness (QED) is 0.295. The Hall–Kier alpha value is -3.49. The third-order valence-electron chi connectivity index (χ3n) is 6.61. The second-order valence-electron chi connectivity index (χ2n) is 9.23. The molecule has 0 amide bonds. The zero-order chi connectivity index (χ0) is 26.7. The number of nitrogens with zero attached hydrogens (tertiary/aromatic N) is 1. The van der Waals surface area contributed by atoms with E-state index >= 15 is 0 Å². The molecule has 1 heterocycles. The Morgan fingerprint density at radius 3 is 2.19 bits per heavy atom. The van der Waals surface area contributed by atoms with Crippen LogP contribution < -0.4 is 14.2 Å². The van der Waals surface area contributed by atoms with Crippen LogP contribution in [0.15, 0.2) is 59.6 Å². The molecule has 0 fully saturated rings. The number of aromatic nitrogens is 1. The molecular formula is C29H34N2O5S. The molecule has 0 aliphatic rings. The van der Waals surface area contributed by atoms with E-state index in [0.29, 0.717) is 29.4 Å². The molecule has 0 saturated heterocycles. The van der Waals surface area contributed by atoms with Crippen LogP contribution in [0.2, 0.25) is 0 Å². The van der Waals surface area contributed by atoms with Crippen LogP contribution in [0.25, 0.3) is 10.9 Å². The number of ether oxygens (including phenoxy) is 3. The van der Waals surface area contributed by atoms with Crippen molar-refractivity contribution >= 4 is 20.9 Å². The summed E-state index contributed by atoms with van der Waals surface area (Å²) >= 11 is 0. The van der Waals surface area contributed by atoms with Crippen molar-refractivity contribution in [2.45, 2.75) is 38.6 Å². The lowest BCUT2D eigenvalue weighted by molar-refractivity contribution is 0.353. The van der Waals surface area contributed by atoms with Gasteiger partial charge in [0.15, 0.2) is 11.5 Å². The molecule has 4 aromatic rings. The summed E-state index contributed by atoms with van der Waals surface area (Å²) < 4.78 is 46.0. The molecule has 4 rings (SSSR count). The van der Waals surface area contributed by atoms with Gasteiger partial charge in [-0.05, 0) is 79.8 Å². The molecule has 3 aromatic carbocycles. The van der Waals surface area contributed by atoms with Crippen molar-refractivity contribution in [1.29, 1.82) is 0 Å². The van der Waals surface area contributed by atoms with Crippen LogP contribution in [0.1, 0.15) is 27.8 Å². The summed E-state index contributed by atoms with van der Waals surface area (Å²) in [5.74, 6) is 1.91. The van der Waals surface area contributed by atoms with Gasteiger partial charge in [0, 0.05) is 30.2 Å². The summed E-state index contributed by atoms with van der Waals surface area (Å²) in [6.07, 6.45) is 2.47. The van der Waals surface area contributed by atoms with Gasteiger partial charge in [0.25, 0.3) is 0 Å². The summed E-state index contributed by atoms with van der Waals surface area (Å²) in [5.41, 5.74) is 5.34. The Morgan fingerprint density at radius 1 is 0.838 bits per heavy atom. The molecule has 0 saturated carbocycles. The lowest BCUT2D eigenvalue weighted by Gasteiger charge is -2.25. The van der Waals surface area contributed by atoms with Gasteiger partial charge in [-0.25, -0.2) is 8.42 Å². The highest BCUT2D eigenvalue weighted by Gasteiger charge is 2.28. The minimum atomic E-state index is -3.81. The number of sulfonamides is 1. The lowest BCUT2D eigenvalue weighted by Crippen LogP contribution is -2.33. The van der Waals surface area contributed by atoms with E-state index in [0.717, 1.165) is 44.5 Å². The van der Waals surface area contributed by atoms with Gasteiger partial charge in [0.1, 0.15) is 5.75 Å². The first-order valence-electron chi connectivity index (χ1n) is 12.1. The number of benzene rings is 3. The van der Waals surface area contributed by atoms with Gasteiger partial charge in [0.05, 0.1) is 26.2 Å². The molecule has 0 atom stereocenters.